The van der Waals surface area contributed by atoms with Crippen LogP contribution in [0.15, 0.2) is 192 Å². The molecule has 0 saturated carbocycles. The van der Waals surface area contributed by atoms with Crippen molar-refractivity contribution in [2.24, 2.45) is 9.98 Å². The van der Waals surface area contributed by atoms with E-state index >= 15 is 0 Å². The standard InChI is InChI=1S/C54H51N7O2/c1-37(2)39-17-21-43(22-18-39)57-44-25-27-46(28-26-44)61-52-36-53(62-33-29-41-11-9-15-49(58-41)47-13-5-7-31-55-47)51(60-45-23-19-40(20-24-45)38(3)4)35-54(52)63-34-30-42-12-10-16-50(59-42)48-14-6-8-32-56-48/h5-28,31-32,35-38,57H,29-30,33-34H2,1-4H3. The summed E-state index contributed by atoms with van der Waals surface area (Å²) in [7, 11) is 0. The van der Waals surface area contributed by atoms with Crippen LogP contribution in [0.5, 0.6) is 0 Å². The van der Waals surface area contributed by atoms with Crippen LogP contribution in [0, 0.1) is 0 Å². The Morgan fingerprint density at radius 2 is 0.873 bits per heavy atom. The number of hydrogen-bond acceptors (Lipinski definition) is 9. The summed E-state index contributed by atoms with van der Waals surface area (Å²) >= 11 is 0. The molecule has 1 aliphatic carbocycles. The van der Waals surface area contributed by atoms with Crippen molar-refractivity contribution < 1.29 is 9.47 Å². The number of nitrogens with zero attached hydrogens (tertiary/aromatic N) is 6. The van der Waals surface area contributed by atoms with E-state index in [0.29, 0.717) is 60.8 Å². The summed E-state index contributed by atoms with van der Waals surface area (Å²) in [6.45, 7) is 9.50. The zero-order valence-electron chi connectivity index (χ0n) is 36.1. The number of ether oxygens (including phenoxy) is 2. The quantitative estimate of drug-likeness (QED) is 0.0967. The molecule has 9 heteroatoms. The molecular formula is C54H51N7O2. The third kappa shape index (κ3) is 11.4. The van der Waals surface area contributed by atoms with Gasteiger partial charge in [-0.05, 0) is 120 Å². The van der Waals surface area contributed by atoms with E-state index in [1.807, 2.05) is 121 Å². The van der Waals surface area contributed by atoms with E-state index in [9.17, 15) is 0 Å². The van der Waals surface area contributed by atoms with E-state index in [-0.39, 0.29) is 0 Å². The van der Waals surface area contributed by atoms with E-state index in [2.05, 4.69) is 79.4 Å². The minimum absolute atomic E-state index is 0.362. The predicted octanol–water partition coefficient (Wildman–Crippen LogP) is 12.7. The smallest absolute Gasteiger partial charge is 0.147 e. The van der Waals surface area contributed by atoms with E-state index in [4.69, 9.17) is 29.4 Å². The van der Waals surface area contributed by atoms with Crippen molar-refractivity contribution in [2.75, 3.05) is 18.5 Å². The van der Waals surface area contributed by atoms with Crippen LogP contribution in [0.1, 0.15) is 62.0 Å². The third-order valence-electron chi connectivity index (χ3n) is 10.5. The molecule has 63 heavy (non-hydrogen) atoms. The number of nitrogens with one attached hydrogen (secondary N) is 1. The Kier molecular flexibility index (Phi) is 13.6. The minimum Gasteiger partial charge on any atom is -0.491 e. The van der Waals surface area contributed by atoms with Crippen molar-refractivity contribution in [3.63, 3.8) is 0 Å². The second-order valence-electron chi connectivity index (χ2n) is 15.9. The van der Waals surface area contributed by atoms with Crippen LogP contribution in [0.4, 0.5) is 22.7 Å². The molecule has 4 aromatic heterocycles. The summed E-state index contributed by atoms with van der Waals surface area (Å²) in [6.07, 6.45) is 8.56. The average Bonchev–Trinajstić information content (AvgIpc) is 3.32. The molecule has 1 aliphatic rings. The Bertz CT molecular complexity index is 2730. The lowest BCUT2D eigenvalue weighted by Crippen LogP contribution is -2.19. The Morgan fingerprint density at radius 3 is 1.30 bits per heavy atom. The number of rotatable bonds is 16. The normalized spacial score (nSPS) is 13.9. The van der Waals surface area contributed by atoms with Crippen LogP contribution in [0.3, 0.4) is 0 Å². The maximum Gasteiger partial charge on any atom is 0.147 e. The summed E-state index contributed by atoms with van der Waals surface area (Å²) in [6, 6.07) is 48.6. The van der Waals surface area contributed by atoms with Crippen molar-refractivity contribution >= 4 is 34.2 Å². The zero-order chi connectivity index (χ0) is 43.4. The van der Waals surface area contributed by atoms with Gasteiger partial charge in [-0.3, -0.25) is 19.9 Å². The lowest BCUT2D eigenvalue weighted by Gasteiger charge is -2.20. The van der Waals surface area contributed by atoms with Gasteiger partial charge in [0.05, 0.1) is 47.4 Å². The Balaban J connectivity index is 1.08. The molecule has 0 unspecified atom stereocenters. The second kappa shape index (κ2) is 20.4. The molecule has 314 valence electrons. The van der Waals surface area contributed by atoms with Gasteiger partial charge in [-0.25, -0.2) is 9.98 Å². The average molecular weight is 830 g/mol. The topological polar surface area (TPSA) is 107 Å². The van der Waals surface area contributed by atoms with Gasteiger partial charge in [-0.15, -0.1) is 0 Å². The Labute approximate surface area is 370 Å². The molecule has 0 fully saturated rings. The number of allylic oxidation sites excluding steroid dienone is 2. The lowest BCUT2D eigenvalue weighted by atomic mass is 10.0. The van der Waals surface area contributed by atoms with Gasteiger partial charge in [0, 0.05) is 60.1 Å². The molecule has 4 heterocycles. The van der Waals surface area contributed by atoms with Crippen molar-refractivity contribution in [3.05, 3.63) is 204 Å². The number of benzene rings is 3. The van der Waals surface area contributed by atoms with Crippen LogP contribution in [-0.2, 0) is 22.3 Å². The van der Waals surface area contributed by atoms with Crippen LogP contribution >= 0.6 is 0 Å². The maximum atomic E-state index is 6.61. The van der Waals surface area contributed by atoms with Gasteiger partial charge in [0.15, 0.2) is 0 Å². The highest BCUT2D eigenvalue weighted by molar-refractivity contribution is 6.23. The Hall–Kier alpha value is -7.52. The SMILES string of the molecule is CC(C)c1ccc(N=C2C=C(OCCc3cccc(-c4ccccn4)n3)C(=Nc3ccc(Nc4ccc(C(C)C)cc4)cc3)C=C2OCCc2cccc(-c3ccccn3)n2)cc1. The summed E-state index contributed by atoms with van der Waals surface area (Å²) in [4.78, 5) is 29.0. The highest BCUT2D eigenvalue weighted by Crippen LogP contribution is 2.28. The molecule has 1 N–H and O–H groups in total. The van der Waals surface area contributed by atoms with Gasteiger partial charge >= 0.3 is 0 Å². The predicted molar refractivity (Wildman–Crippen MR) is 255 cm³/mol. The van der Waals surface area contributed by atoms with Crippen LogP contribution in [0.25, 0.3) is 22.8 Å². The van der Waals surface area contributed by atoms with Gasteiger partial charge in [0.1, 0.15) is 22.9 Å². The van der Waals surface area contributed by atoms with Crippen LogP contribution in [-0.4, -0.2) is 44.6 Å². The number of anilines is 2. The molecule has 0 saturated heterocycles. The van der Waals surface area contributed by atoms with Crippen molar-refractivity contribution in [1.29, 1.82) is 0 Å². The van der Waals surface area contributed by atoms with Crippen molar-refractivity contribution in [3.8, 4) is 22.8 Å². The first-order valence-electron chi connectivity index (χ1n) is 21.5. The molecule has 7 aromatic rings. The number of pyridine rings is 4. The number of aliphatic imine (C=N–C) groups is 2. The zero-order valence-corrected chi connectivity index (χ0v) is 36.1. The van der Waals surface area contributed by atoms with Crippen molar-refractivity contribution in [2.45, 2.75) is 52.4 Å². The number of hydrogen-bond donors (Lipinski definition) is 1. The molecule has 0 bridgehead atoms. The number of aromatic nitrogens is 4. The lowest BCUT2D eigenvalue weighted by molar-refractivity contribution is 0.226. The minimum atomic E-state index is 0.362. The molecule has 0 radical (unpaired) electrons. The van der Waals surface area contributed by atoms with E-state index in [1.165, 1.54) is 11.1 Å². The third-order valence-corrected chi connectivity index (χ3v) is 10.5. The largest absolute Gasteiger partial charge is 0.491 e. The van der Waals surface area contributed by atoms with E-state index in [1.54, 1.807) is 12.4 Å². The molecule has 8 rings (SSSR count). The molecule has 3 aromatic carbocycles. The summed E-state index contributed by atoms with van der Waals surface area (Å²) < 4.78 is 13.2. The van der Waals surface area contributed by atoms with Crippen molar-refractivity contribution in [1.82, 2.24) is 19.9 Å². The monoisotopic (exact) mass is 829 g/mol. The fourth-order valence-electron chi connectivity index (χ4n) is 6.98. The van der Waals surface area contributed by atoms with Gasteiger partial charge in [-0.2, -0.15) is 0 Å². The summed E-state index contributed by atoms with van der Waals surface area (Å²) in [5.74, 6) is 2.05. The second-order valence-corrected chi connectivity index (χ2v) is 15.9. The van der Waals surface area contributed by atoms with Gasteiger partial charge in [-0.1, -0.05) is 76.2 Å². The molecule has 0 spiro atoms. The van der Waals surface area contributed by atoms with Crippen LogP contribution < -0.4 is 5.32 Å². The molecule has 0 amide bonds. The van der Waals surface area contributed by atoms with Gasteiger partial charge < -0.3 is 14.8 Å². The van der Waals surface area contributed by atoms with E-state index in [0.717, 1.165) is 56.9 Å². The van der Waals surface area contributed by atoms with Gasteiger partial charge in [0.25, 0.3) is 0 Å². The molecular weight excluding hydrogens is 779 g/mol. The summed E-state index contributed by atoms with van der Waals surface area (Å²) in [5, 5.41) is 3.51. The summed E-state index contributed by atoms with van der Waals surface area (Å²) in [5.41, 5.74) is 12.5. The highest BCUT2D eigenvalue weighted by atomic mass is 16.5. The van der Waals surface area contributed by atoms with Gasteiger partial charge in [0.2, 0.25) is 0 Å². The fraction of sp³-hybridized carbons (Fsp3) is 0.185. The van der Waals surface area contributed by atoms with Crippen LogP contribution in [0.2, 0.25) is 0 Å². The first-order chi connectivity index (χ1) is 30.8. The fourth-order valence-corrected chi connectivity index (χ4v) is 6.98. The Morgan fingerprint density at radius 1 is 0.460 bits per heavy atom. The first-order valence-corrected chi connectivity index (χ1v) is 21.5. The van der Waals surface area contributed by atoms with E-state index < -0.39 is 0 Å². The molecule has 0 aliphatic heterocycles. The first kappa shape index (κ1) is 42.2. The molecule has 9 nitrogen and oxygen atoms in total. The highest BCUT2D eigenvalue weighted by Gasteiger charge is 2.22. The maximum absolute atomic E-state index is 6.61. The molecule has 0 atom stereocenters.